The van der Waals surface area contributed by atoms with Gasteiger partial charge < -0.3 is 10.2 Å². The number of hydrazine groups is 1. The zero-order chi connectivity index (χ0) is 16.1. The molecule has 2 rings (SSSR count). The maximum absolute atomic E-state index is 13.9. The molecular weight excluding hydrogens is 305 g/mol. The van der Waals surface area contributed by atoms with Gasteiger partial charge >= 0.3 is 0 Å². The second-order valence-corrected chi connectivity index (χ2v) is 5.97. The largest absolute Gasteiger partial charge is 0.356 e. The van der Waals surface area contributed by atoms with Crippen molar-refractivity contribution in [2.45, 2.75) is 19.5 Å². The van der Waals surface area contributed by atoms with Gasteiger partial charge in [0.1, 0.15) is 5.82 Å². The lowest BCUT2D eigenvalue weighted by atomic mass is 10.0. The number of nitrogens with one attached hydrogen (secondary N) is 3. The zero-order valence-electron chi connectivity index (χ0n) is 13.2. The maximum atomic E-state index is 13.9. The number of aliphatic imine (C=N–C) groups is 1. The van der Waals surface area contributed by atoms with Crippen LogP contribution in [0.25, 0.3) is 0 Å². The number of hydrogen-bond acceptors (Lipinski definition) is 3. The molecule has 22 heavy (non-hydrogen) atoms. The summed E-state index contributed by atoms with van der Waals surface area (Å²) in [5.41, 5.74) is 6.80. The quantitative estimate of drug-likeness (QED) is 0.581. The van der Waals surface area contributed by atoms with Crippen LogP contribution in [0.3, 0.4) is 0 Å². The summed E-state index contributed by atoms with van der Waals surface area (Å²) in [5.74, 6) is 0.897. The van der Waals surface area contributed by atoms with Crippen molar-refractivity contribution in [3.63, 3.8) is 0 Å². The number of nitrogens with zero attached hydrogens (tertiary/aromatic N) is 2. The molecule has 0 aliphatic carbocycles. The average molecular weight is 328 g/mol. The van der Waals surface area contributed by atoms with Crippen molar-refractivity contribution >= 4 is 17.6 Å². The van der Waals surface area contributed by atoms with Crippen molar-refractivity contribution < 1.29 is 4.39 Å². The summed E-state index contributed by atoms with van der Waals surface area (Å²) in [5, 5.41) is 3.76. The van der Waals surface area contributed by atoms with Gasteiger partial charge in [-0.25, -0.2) is 4.39 Å². The Bertz CT molecular complexity index is 516. The number of hydrogen-bond donors (Lipinski definition) is 3. The SMILES string of the molecule is CN=C(NCC1CNNC1C)N(C)Cc1c(F)cccc1Cl. The fourth-order valence-electron chi connectivity index (χ4n) is 2.50. The summed E-state index contributed by atoms with van der Waals surface area (Å²) in [6.45, 7) is 4.21. The van der Waals surface area contributed by atoms with Crippen LogP contribution < -0.4 is 16.2 Å². The zero-order valence-corrected chi connectivity index (χ0v) is 13.9. The molecule has 0 saturated carbocycles. The van der Waals surface area contributed by atoms with Crippen molar-refractivity contribution in [2.24, 2.45) is 10.9 Å². The number of benzene rings is 1. The summed E-state index contributed by atoms with van der Waals surface area (Å²) in [6, 6.07) is 5.12. The third kappa shape index (κ3) is 4.09. The Kier molecular flexibility index (Phi) is 5.99. The Labute approximate surface area is 135 Å². The molecule has 5 nitrogen and oxygen atoms in total. The third-order valence-corrected chi connectivity index (χ3v) is 4.31. The Balaban J connectivity index is 1.96. The molecular formula is C15H23ClFN5. The van der Waals surface area contributed by atoms with Crippen molar-refractivity contribution in [3.05, 3.63) is 34.6 Å². The molecule has 1 fully saturated rings. The molecule has 2 unspecified atom stereocenters. The van der Waals surface area contributed by atoms with Crippen LogP contribution in [-0.2, 0) is 6.54 Å². The Morgan fingerprint density at radius 2 is 2.32 bits per heavy atom. The van der Waals surface area contributed by atoms with Gasteiger partial charge in [-0.3, -0.25) is 15.8 Å². The molecule has 2 atom stereocenters. The molecule has 1 aromatic carbocycles. The molecule has 122 valence electrons. The molecule has 1 aliphatic rings. The van der Waals surface area contributed by atoms with Crippen molar-refractivity contribution in [2.75, 3.05) is 27.2 Å². The molecule has 3 N–H and O–H groups in total. The highest BCUT2D eigenvalue weighted by Crippen LogP contribution is 2.20. The summed E-state index contributed by atoms with van der Waals surface area (Å²) in [4.78, 5) is 6.12. The second-order valence-electron chi connectivity index (χ2n) is 5.56. The van der Waals surface area contributed by atoms with Crippen LogP contribution in [0.15, 0.2) is 23.2 Å². The molecule has 7 heteroatoms. The lowest BCUT2D eigenvalue weighted by Crippen LogP contribution is -2.42. The normalized spacial score (nSPS) is 22.0. The van der Waals surface area contributed by atoms with Gasteiger partial charge in [0.2, 0.25) is 0 Å². The van der Waals surface area contributed by atoms with Crippen LogP contribution in [0.5, 0.6) is 0 Å². The predicted molar refractivity (Wildman–Crippen MR) is 88.3 cm³/mol. The highest BCUT2D eigenvalue weighted by molar-refractivity contribution is 6.31. The van der Waals surface area contributed by atoms with E-state index in [1.807, 2.05) is 11.9 Å². The Morgan fingerprint density at radius 3 is 2.91 bits per heavy atom. The average Bonchev–Trinajstić information content (AvgIpc) is 2.89. The highest BCUT2D eigenvalue weighted by Gasteiger charge is 2.23. The number of rotatable bonds is 4. The minimum Gasteiger partial charge on any atom is -0.356 e. The van der Waals surface area contributed by atoms with Crippen LogP contribution in [0.1, 0.15) is 12.5 Å². The Hall–Kier alpha value is -1.37. The lowest BCUT2D eigenvalue weighted by molar-refractivity contribution is 0.436. The standard InChI is InChI=1S/C15H23ClFN5/c1-10-11(8-20-21-10)7-19-15(18-2)22(3)9-12-13(16)5-4-6-14(12)17/h4-6,10-11,20-21H,7-9H2,1-3H3,(H,18,19). The molecule has 0 amide bonds. The van der Waals surface area contributed by atoms with E-state index in [0.29, 0.717) is 29.1 Å². The van der Waals surface area contributed by atoms with E-state index in [-0.39, 0.29) is 5.82 Å². The molecule has 0 radical (unpaired) electrons. The fourth-order valence-corrected chi connectivity index (χ4v) is 2.72. The van der Waals surface area contributed by atoms with Gasteiger partial charge in [0.05, 0.1) is 0 Å². The van der Waals surface area contributed by atoms with Crippen LogP contribution in [0.4, 0.5) is 4.39 Å². The summed E-state index contributed by atoms with van der Waals surface area (Å²) in [6.07, 6.45) is 0. The van der Waals surface area contributed by atoms with Gasteiger partial charge in [0, 0.05) is 56.3 Å². The number of halogens is 2. The van der Waals surface area contributed by atoms with Crippen LogP contribution >= 0.6 is 11.6 Å². The Morgan fingerprint density at radius 1 is 1.55 bits per heavy atom. The van der Waals surface area contributed by atoms with Gasteiger partial charge in [0.25, 0.3) is 0 Å². The third-order valence-electron chi connectivity index (χ3n) is 3.95. The van der Waals surface area contributed by atoms with Crippen molar-refractivity contribution in [1.29, 1.82) is 0 Å². The van der Waals surface area contributed by atoms with Gasteiger partial charge in [0.15, 0.2) is 5.96 Å². The van der Waals surface area contributed by atoms with E-state index in [2.05, 4.69) is 28.1 Å². The molecule has 1 heterocycles. The van der Waals surface area contributed by atoms with E-state index in [1.54, 1.807) is 19.2 Å². The van der Waals surface area contributed by atoms with E-state index in [0.717, 1.165) is 19.0 Å². The molecule has 0 bridgehead atoms. The van der Waals surface area contributed by atoms with Gasteiger partial charge in [-0.2, -0.15) is 0 Å². The maximum Gasteiger partial charge on any atom is 0.193 e. The smallest absolute Gasteiger partial charge is 0.193 e. The summed E-state index contributed by atoms with van der Waals surface area (Å²) in [7, 11) is 3.59. The number of guanidine groups is 1. The topological polar surface area (TPSA) is 51.7 Å². The first-order chi connectivity index (χ1) is 10.5. The molecule has 1 aliphatic heterocycles. The van der Waals surface area contributed by atoms with Crippen LogP contribution in [0.2, 0.25) is 5.02 Å². The first-order valence-corrected chi connectivity index (χ1v) is 7.73. The van der Waals surface area contributed by atoms with E-state index in [9.17, 15) is 4.39 Å². The minimum atomic E-state index is -0.299. The van der Waals surface area contributed by atoms with E-state index in [4.69, 9.17) is 11.6 Å². The van der Waals surface area contributed by atoms with Crippen LogP contribution in [0, 0.1) is 11.7 Å². The minimum absolute atomic E-state index is 0.299. The summed E-state index contributed by atoms with van der Waals surface area (Å²) >= 11 is 6.08. The monoisotopic (exact) mass is 327 g/mol. The van der Waals surface area contributed by atoms with Gasteiger partial charge in [-0.1, -0.05) is 17.7 Å². The molecule has 1 aromatic rings. The van der Waals surface area contributed by atoms with Crippen molar-refractivity contribution in [3.8, 4) is 0 Å². The van der Waals surface area contributed by atoms with Crippen molar-refractivity contribution in [1.82, 2.24) is 21.1 Å². The lowest BCUT2D eigenvalue weighted by Gasteiger charge is -2.24. The van der Waals surface area contributed by atoms with Gasteiger partial charge in [-0.05, 0) is 19.1 Å². The second kappa shape index (κ2) is 7.76. The molecule has 0 spiro atoms. The first kappa shape index (κ1) is 17.0. The van der Waals surface area contributed by atoms with E-state index >= 15 is 0 Å². The predicted octanol–water partition coefficient (Wildman–Crippen LogP) is 1.60. The summed E-state index contributed by atoms with van der Waals surface area (Å²) < 4.78 is 13.9. The van der Waals surface area contributed by atoms with E-state index < -0.39 is 0 Å². The molecule has 1 saturated heterocycles. The van der Waals surface area contributed by atoms with E-state index in [1.165, 1.54) is 6.07 Å². The highest BCUT2D eigenvalue weighted by atomic mass is 35.5. The van der Waals surface area contributed by atoms with Gasteiger partial charge in [-0.15, -0.1) is 0 Å². The first-order valence-electron chi connectivity index (χ1n) is 7.36. The fraction of sp³-hybridized carbons (Fsp3) is 0.533. The van der Waals surface area contributed by atoms with Crippen LogP contribution in [-0.4, -0.2) is 44.1 Å². The molecule has 0 aromatic heterocycles.